The fourth-order valence-corrected chi connectivity index (χ4v) is 6.52. The summed E-state index contributed by atoms with van der Waals surface area (Å²) in [6.45, 7) is 1.11. The Hall–Kier alpha value is -0.570. The molecule has 0 atom stereocenters. The quantitative estimate of drug-likeness (QED) is 0.781. The van der Waals surface area contributed by atoms with Gasteiger partial charge in [0.2, 0.25) is 0 Å². The monoisotopic (exact) mass is 319 g/mol. The molecule has 0 radical (unpaired) electrons. The number of esters is 1. The van der Waals surface area contributed by atoms with Gasteiger partial charge in [-0.3, -0.25) is 4.79 Å². The van der Waals surface area contributed by atoms with Crippen molar-refractivity contribution in [1.29, 1.82) is 0 Å². The van der Waals surface area contributed by atoms with Crippen LogP contribution in [-0.2, 0) is 9.53 Å². The number of ether oxygens (including phenoxy) is 1. The lowest BCUT2D eigenvalue weighted by atomic mass is 9.49. The SMILES string of the molecule is CNCCC1CCC(OC(=O)C23CC4CC(CC(C4)C2)C3)CC1. The lowest BCUT2D eigenvalue weighted by molar-refractivity contribution is -0.178. The second-order valence-corrected chi connectivity index (χ2v) is 9.14. The van der Waals surface area contributed by atoms with E-state index in [1.165, 1.54) is 38.5 Å². The van der Waals surface area contributed by atoms with Crippen molar-refractivity contribution in [3.05, 3.63) is 0 Å². The van der Waals surface area contributed by atoms with Crippen molar-refractivity contribution in [2.24, 2.45) is 29.1 Å². The highest BCUT2D eigenvalue weighted by atomic mass is 16.5. The van der Waals surface area contributed by atoms with Gasteiger partial charge in [-0.05, 0) is 108 Å². The van der Waals surface area contributed by atoms with E-state index >= 15 is 0 Å². The molecule has 5 aliphatic rings. The molecule has 0 aliphatic heterocycles. The highest BCUT2D eigenvalue weighted by Crippen LogP contribution is 2.60. The Kier molecular flexibility index (Phi) is 4.42. The molecule has 4 bridgehead atoms. The maximum absolute atomic E-state index is 13.0. The first-order valence-corrected chi connectivity index (χ1v) is 10.0. The predicted octanol–water partition coefficient (Wildman–Crippen LogP) is 3.91. The Labute approximate surface area is 140 Å². The highest BCUT2D eigenvalue weighted by molar-refractivity contribution is 5.77. The lowest BCUT2D eigenvalue weighted by Gasteiger charge is -2.55. The van der Waals surface area contributed by atoms with Gasteiger partial charge >= 0.3 is 5.97 Å². The minimum absolute atomic E-state index is 0.0717. The average Bonchev–Trinajstić information content (AvgIpc) is 2.53. The van der Waals surface area contributed by atoms with E-state index in [-0.39, 0.29) is 17.5 Å². The third-order valence-electron chi connectivity index (χ3n) is 7.34. The molecule has 0 heterocycles. The number of hydrogen-bond donors (Lipinski definition) is 1. The van der Waals surface area contributed by atoms with Crippen LogP contribution in [0.3, 0.4) is 0 Å². The summed E-state index contributed by atoms with van der Waals surface area (Å²) in [4.78, 5) is 13.0. The molecular formula is C20H33NO2. The zero-order valence-corrected chi connectivity index (χ0v) is 14.7. The molecule has 5 saturated carbocycles. The molecule has 0 unspecified atom stereocenters. The van der Waals surface area contributed by atoms with Crippen molar-refractivity contribution in [1.82, 2.24) is 5.32 Å². The summed E-state index contributed by atoms with van der Waals surface area (Å²) in [5, 5.41) is 3.25. The van der Waals surface area contributed by atoms with Gasteiger partial charge in [-0.25, -0.2) is 0 Å². The topological polar surface area (TPSA) is 38.3 Å². The van der Waals surface area contributed by atoms with Gasteiger partial charge in [0.25, 0.3) is 0 Å². The zero-order valence-electron chi connectivity index (χ0n) is 14.7. The third-order valence-corrected chi connectivity index (χ3v) is 7.34. The predicted molar refractivity (Wildman–Crippen MR) is 91.0 cm³/mol. The van der Waals surface area contributed by atoms with Crippen LogP contribution in [0.2, 0.25) is 0 Å². The Balaban J connectivity index is 1.31. The second kappa shape index (κ2) is 6.38. The van der Waals surface area contributed by atoms with E-state index in [2.05, 4.69) is 5.32 Å². The minimum atomic E-state index is -0.0717. The number of hydrogen-bond acceptors (Lipinski definition) is 3. The minimum Gasteiger partial charge on any atom is -0.462 e. The van der Waals surface area contributed by atoms with Crippen LogP contribution in [-0.4, -0.2) is 25.7 Å². The summed E-state index contributed by atoms with van der Waals surface area (Å²) in [6, 6.07) is 0. The molecule has 5 fully saturated rings. The molecule has 0 spiro atoms. The van der Waals surface area contributed by atoms with Crippen LogP contribution in [0.15, 0.2) is 0 Å². The molecule has 5 rings (SSSR count). The van der Waals surface area contributed by atoms with Crippen LogP contribution >= 0.6 is 0 Å². The van der Waals surface area contributed by atoms with E-state index < -0.39 is 0 Å². The average molecular weight is 319 g/mol. The van der Waals surface area contributed by atoms with Crippen molar-refractivity contribution in [3.8, 4) is 0 Å². The van der Waals surface area contributed by atoms with E-state index in [4.69, 9.17) is 4.74 Å². The van der Waals surface area contributed by atoms with Crippen LogP contribution < -0.4 is 5.32 Å². The maximum Gasteiger partial charge on any atom is 0.312 e. The van der Waals surface area contributed by atoms with Crippen LogP contribution in [0, 0.1) is 29.1 Å². The molecular weight excluding hydrogens is 286 g/mol. The van der Waals surface area contributed by atoms with Gasteiger partial charge in [-0.1, -0.05) is 0 Å². The van der Waals surface area contributed by atoms with Crippen LogP contribution in [0.25, 0.3) is 0 Å². The number of nitrogens with one attached hydrogen (secondary N) is 1. The van der Waals surface area contributed by atoms with Crippen molar-refractivity contribution in [3.63, 3.8) is 0 Å². The molecule has 0 aromatic rings. The van der Waals surface area contributed by atoms with Gasteiger partial charge in [-0.2, -0.15) is 0 Å². The van der Waals surface area contributed by atoms with E-state index in [1.807, 2.05) is 7.05 Å². The van der Waals surface area contributed by atoms with Gasteiger partial charge < -0.3 is 10.1 Å². The Morgan fingerprint density at radius 3 is 2.09 bits per heavy atom. The Morgan fingerprint density at radius 2 is 1.57 bits per heavy atom. The summed E-state index contributed by atoms with van der Waals surface area (Å²) >= 11 is 0. The van der Waals surface area contributed by atoms with Gasteiger partial charge in [0.15, 0.2) is 0 Å². The smallest absolute Gasteiger partial charge is 0.312 e. The number of rotatable bonds is 5. The second-order valence-electron chi connectivity index (χ2n) is 9.14. The molecule has 3 heteroatoms. The Morgan fingerprint density at radius 1 is 1.00 bits per heavy atom. The van der Waals surface area contributed by atoms with Crippen molar-refractivity contribution in [2.75, 3.05) is 13.6 Å². The first kappa shape index (κ1) is 15.9. The van der Waals surface area contributed by atoms with Crippen LogP contribution in [0.1, 0.15) is 70.6 Å². The lowest BCUT2D eigenvalue weighted by Crippen LogP contribution is -2.51. The van der Waals surface area contributed by atoms with E-state index in [0.29, 0.717) is 0 Å². The maximum atomic E-state index is 13.0. The molecule has 1 N–H and O–H groups in total. The van der Waals surface area contributed by atoms with E-state index in [1.54, 1.807) is 0 Å². The van der Waals surface area contributed by atoms with Crippen molar-refractivity contribution >= 4 is 5.97 Å². The first-order valence-electron chi connectivity index (χ1n) is 10.0. The molecule has 0 aromatic heterocycles. The molecule has 130 valence electrons. The summed E-state index contributed by atoms with van der Waals surface area (Å²) in [5.74, 6) is 3.50. The van der Waals surface area contributed by atoms with Gasteiger partial charge in [0.05, 0.1) is 5.41 Å². The summed E-state index contributed by atoms with van der Waals surface area (Å²) in [5.41, 5.74) is -0.0717. The molecule has 0 aromatic carbocycles. The molecule has 3 nitrogen and oxygen atoms in total. The Bertz CT molecular complexity index is 404. The highest BCUT2D eigenvalue weighted by Gasteiger charge is 2.55. The zero-order chi connectivity index (χ0) is 15.9. The van der Waals surface area contributed by atoms with Gasteiger partial charge in [0, 0.05) is 0 Å². The van der Waals surface area contributed by atoms with Crippen molar-refractivity contribution < 1.29 is 9.53 Å². The standard InChI is InChI=1S/C20H33NO2/c1-21-7-6-14-2-4-18(5-3-14)23-19(22)20-11-15-8-16(12-20)10-17(9-15)13-20/h14-18,21H,2-13H2,1H3. The summed E-state index contributed by atoms with van der Waals surface area (Å²) < 4.78 is 6.07. The fourth-order valence-electron chi connectivity index (χ4n) is 6.52. The number of carbonyl (C=O) groups is 1. The normalized spacial score (nSPS) is 45.2. The third kappa shape index (κ3) is 3.18. The molecule has 0 saturated heterocycles. The molecule has 23 heavy (non-hydrogen) atoms. The molecule has 5 aliphatic carbocycles. The molecule has 0 amide bonds. The number of carbonyl (C=O) groups excluding carboxylic acids is 1. The fraction of sp³-hybridized carbons (Fsp3) is 0.950. The van der Waals surface area contributed by atoms with Crippen LogP contribution in [0.5, 0.6) is 0 Å². The van der Waals surface area contributed by atoms with Gasteiger partial charge in [0.1, 0.15) is 6.10 Å². The van der Waals surface area contributed by atoms with Crippen molar-refractivity contribution in [2.45, 2.75) is 76.7 Å². The van der Waals surface area contributed by atoms with E-state index in [0.717, 1.165) is 62.3 Å². The summed E-state index contributed by atoms with van der Waals surface area (Å²) in [6.07, 6.45) is 13.7. The van der Waals surface area contributed by atoms with E-state index in [9.17, 15) is 4.79 Å². The summed E-state index contributed by atoms with van der Waals surface area (Å²) in [7, 11) is 2.03. The van der Waals surface area contributed by atoms with Gasteiger partial charge in [-0.15, -0.1) is 0 Å². The van der Waals surface area contributed by atoms with Crippen LogP contribution in [0.4, 0.5) is 0 Å². The largest absolute Gasteiger partial charge is 0.462 e. The first-order chi connectivity index (χ1) is 11.2.